The molecule has 8 heteroatoms. The summed E-state index contributed by atoms with van der Waals surface area (Å²) in [5.41, 5.74) is 0.0370. The van der Waals surface area contributed by atoms with Gasteiger partial charge in [-0.05, 0) is 30.2 Å². The number of fused-ring (bicyclic) bond motifs is 1. The van der Waals surface area contributed by atoms with Crippen LogP contribution in [0.3, 0.4) is 0 Å². The summed E-state index contributed by atoms with van der Waals surface area (Å²) in [6.07, 6.45) is 0. The quantitative estimate of drug-likeness (QED) is 0.554. The first-order chi connectivity index (χ1) is 12.7. The summed E-state index contributed by atoms with van der Waals surface area (Å²) in [5.74, 6) is -0.607. The largest absolute Gasteiger partial charge is 0.508 e. The number of halogens is 2. The van der Waals surface area contributed by atoms with Gasteiger partial charge in [0, 0.05) is 11.6 Å². The second kappa shape index (κ2) is 7.13. The fourth-order valence-corrected chi connectivity index (χ4v) is 3.34. The van der Waals surface area contributed by atoms with E-state index in [9.17, 15) is 14.7 Å². The van der Waals surface area contributed by atoms with E-state index in [0.29, 0.717) is 11.3 Å². The number of phenols is 1. The predicted molar refractivity (Wildman–Crippen MR) is 104 cm³/mol. The highest BCUT2D eigenvalue weighted by atomic mass is 35.5. The molecule has 0 aliphatic heterocycles. The average Bonchev–Trinajstić information content (AvgIpc) is 2.58. The van der Waals surface area contributed by atoms with Crippen molar-refractivity contribution in [3.8, 4) is 17.2 Å². The minimum absolute atomic E-state index is 0.0325. The van der Waals surface area contributed by atoms with Crippen LogP contribution in [0.5, 0.6) is 17.2 Å². The molecule has 3 rings (SSSR count). The first kappa shape index (κ1) is 19.1. The number of carboxylic acid groups (broad SMARTS) is 1. The van der Waals surface area contributed by atoms with Crippen molar-refractivity contribution < 1.29 is 19.7 Å². The Morgan fingerprint density at radius 1 is 1.19 bits per heavy atom. The number of aromatic hydroxyl groups is 1. The molecule has 1 heterocycles. The van der Waals surface area contributed by atoms with Crippen molar-refractivity contribution in [3.63, 3.8) is 0 Å². The molecular weight excluding hydrogens is 393 g/mol. The zero-order valence-corrected chi connectivity index (χ0v) is 15.9. The summed E-state index contributed by atoms with van der Waals surface area (Å²) in [6, 6.07) is 7.05. The van der Waals surface area contributed by atoms with E-state index in [-0.39, 0.29) is 44.1 Å². The highest BCUT2D eigenvalue weighted by molar-refractivity contribution is 6.41. The number of nitrogens with one attached hydrogen (secondary N) is 1. The fourth-order valence-electron chi connectivity index (χ4n) is 2.71. The third-order valence-electron chi connectivity index (χ3n) is 4.04. The van der Waals surface area contributed by atoms with Crippen molar-refractivity contribution in [1.29, 1.82) is 0 Å². The number of rotatable bonds is 4. The normalized spacial score (nSPS) is 11.1. The first-order valence-corrected chi connectivity index (χ1v) is 8.73. The number of hydrogen-bond acceptors (Lipinski definition) is 4. The lowest BCUT2D eigenvalue weighted by atomic mass is 10.0. The Morgan fingerprint density at radius 2 is 1.89 bits per heavy atom. The Bertz CT molecular complexity index is 1120. The lowest BCUT2D eigenvalue weighted by Gasteiger charge is -2.14. The Labute approximate surface area is 163 Å². The first-order valence-electron chi connectivity index (χ1n) is 7.98. The van der Waals surface area contributed by atoms with Gasteiger partial charge in [0.2, 0.25) is 0 Å². The topological polar surface area (TPSA) is 99.6 Å². The molecular formula is C19H15Cl2NO5. The summed E-state index contributed by atoms with van der Waals surface area (Å²) in [6.45, 7) is 3.85. The van der Waals surface area contributed by atoms with Crippen LogP contribution in [0.4, 0.5) is 0 Å². The van der Waals surface area contributed by atoms with E-state index in [1.54, 1.807) is 12.1 Å². The van der Waals surface area contributed by atoms with Gasteiger partial charge < -0.3 is 19.9 Å². The summed E-state index contributed by atoms with van der Waals surface area (Å²) in [7, 11) is 0. The number of H-pyrrole nitrogens is 1. The van der Waals surface area contributed by atoms with Gasteiger partial charge in [0.15, 0.2) is 11.2 Å². The van der Waals surface area contributed by atoms with Crippen molar-refractivity contribution in [2.45, 2.75) is 19.8 Å². The molecule has 0 amide bonds. The number of pyridine rings is 1. The summed E-state index contributed by atoms with van der Waals surface area (Å²) >= 11 is 12.6. The SMILES string of the molecule is CC(C)c1cc(Oc2c(Cl)cc3[nH]c(C(=O)O)cc(=O)c3c2Cl)ccc1O. The summed E-state index contributed by atoms with van der Waals surface area (Å²) in [4.78, 5) is 26.1. The number of ether oxygens (including phenoxy) is 1. The molecule has 0 atom stereocenters. The van der Waals surface area contributed by atoms with Crippen LogP contribution in [0.2, 0.25) is 10.0 Å². The van der Waals surface area contributed by atoms with Gasteiger partial charge in [0.25, 0.3) is 0 Å². The van der Waals surface area contributed by atoms with Crippen molar-refractivity contribution in [1.82, 2.24) is 4.98 Å². The maximum absolute atomic E-state index is 12.3. The molecule has 140 valence electrons. The number of aromatic nitrogens is 1. The van der Waals surface area contributed by atoms with E-state index in [0.717, 1.165) is 6.07 Å². The van der Waals surface area contributed by atoms with Crippen molar-refractivity contribution in [2.75, 3.05) is 0 Å². The number of aromatic amines is 1. The molecule has 0 radical (unpaired) electrons. The minimum atomic E-state index is -1.27. The molecule has 0 bridgehead atoms. The van der Waals surface area contributed by atoms with Gasteiger partial charge in [-0.3, -0.25) is 4.79 Å². The van der Waals surface area contributed by atoms with E-state index in [4.69, 9.17) is 33.0 Å². The highest BCUT2D eigenvalue weighted by Gasteiger charge is 2.18. The number of carbonyl (C=O) groups is 1. The fraction of sp³-hybridized carbons (Fsp3) is 0.158. The van der Waals surface area contributed by atoms with Crippen LogP contribution >= 0.6 is 23.2 Å². The molecule has 6 nitrogen and oxygen atoms in total. The third-order valence-corrected chi connectivity index (χ3v) is 4.68. The Balaban J connectivity index is 2.15. The van der Waals surface area contributed by atoms with Gasteiger partial charge >= 0.3 is 5.97 Å². The van der Waals surface area contributed by atoms with Gasteiger partial charge in [-0.15, -0.1) is 0 Å². The second-order valence-corrected chi connectivity index (χ2v) is 7.04. The molecule has 3 N–H and O–H groups in total. The van der Waals surface area contributed by atoms with E-state index in [1.807, 2.05) is 13.8 Å². The third kappa shape index (κ3) is 3.59. The van der Waals surface area contributed by atoms with Crippen LogP contribution in [0.15, 0.2) is 35.1 Å². The number of benzene rings is 2. The molecule has 3 aromatic rings. The van der Waals surface area contributed by atoms with Crippen LogP contribution in [-0.4, -0.2) is 21.2 Å². The average molecular weight is 408 g/mol. The Morgan fingerprint density at radius 3 is 2.52 bits per heavy atom. The van der Waals surface area contributed by atoms with Crippen molar-refractivity contribution in [2.24, 2.45) is 0 Å². The van der Waals surface area contributed by atoms with Gasteiger partial charge in [-0.2, -0.15) is 0 Å². The van der Waals surface area contributed by atoms with E-state index in [2.05, 4.69) is 4.98 Å². The van der Waals surface area contributed by atoms with Gasteiger partial charge in [0.05, 0.1) is 20.9 Å². The zero-order chi connectivity index (χ0) is 19.9. The van der Waals surface area contributed by atoms with E-state index in [1.165, 1.54) is 12.1 Å². The minimum Gasteiger partial charge on any atom is -0.508 e. The maximum atomic E-state index is 12.3. The number of hydrogen-bond donors (Lipinski definition) is 3. The van der Waals surface area contributed by atoms with Crippen LogP contribution < -0.4 is 10.2 Å². The summed E-state index contributed by atoms with van der Waals surface area (Å²) < 4.78 is 5.78. The molecule has 0 aliphatic rings. The van der Waals surface area contributed by atoms with E-state index < -0.39 is 11.4 Å². The molecule has 0 saturated carbocycles. The number of aromatic carboxylic acids is 1. The predicted octanol–water partition coefficient (Wildman–Crippen LogP) is 5.15. The molecule has 0 unspecified atom stereocenters. The van der Waals surface area contributed by atoms with Crippen molar-refractivity contribution in [3.05, 3.63) is 61.9 Å². The number of carboxylic acids is 1. The van der Waals surface area contributed by atoms with Crippen LogP contribution in [0.25, 0.3) is 10.9 Å². The smallest absolute Gasteiger partial charge is 0.352 e. The monoisotopic (exact) mass is 407 g/mol. The molecule has 0 aliphatic carbocycles. The Hall–Kier alpha value is -2.70. The van der Waals surface area contributed by atoms with Crippen LogP contribution in [-0.2, 0) is 0 Å². The maximum Gasteiger partial charge on any atom is 0.352 e. The molecule has 1 aromatic heterocycles. The standard InChI is InChI=1S/C19H15Cl2NO5/c1-8(2)10-5-9(3-4-14(10)23)27-18-11(20)6-12-16(17(18)21)15(24)7-13(22-12)19(25)26/h3-8,23H,1-2H3,(H,22,24)(H,25,26). The van der Waals surface area contributed by atoms with E-state index >= 15 is 0 Å². The molecule has 2 aromatic carbocycles. The Kier molecular flexibility index (Phi) is 5.04. The van der Waals surface area contributed by atoms with Gasteiger partial charge in [-0.25, -0.2) is 4.79 Å². The molecule has 0 spiro atoms. The highest BCUT2D eigenvalue weighted by Crippen LogP contribution is 2.41. The van der Waals surface area contributed by atoms with Gasteiger partial charge in [0.1, 0.15) is 17.2 Å². The lowest BCUT2D eigenvalue weighted by Crippen LogP contribution is -2.10. The molecule has 0 fully saturated rings. The zero-order valence-electron chi connectivity index (χ0n) is 14.3. The molecule has 0 saturated heterocycles. The number of phenolic OH excluding ortho intramolecular Hbond substituents is 1. The van der Waals surface area contributed by atoms with Crippen molar-refractivity contribution >= 4 is 40.1 Å². The second-order valence-electron chi connectivity index (χ2n) is 6.25. The van der Waals surface area contributed by atoms with Gasteiger partial charge in [-0.1, -0.05) is 37.0 Å². The van der Waals surface area contributed by atoms with Crippen LogP contribution in [0.1, 0.15) is 35.8 Å². The summed E-state index contributed by atoms with van der Waals surface area (Å²) in [5, 5.41) is 19.1. The molecule has 27 heavy (non-hydrogen) atoms. The van der Waals surface area contributed by atoms with Crippen LogP contribution in [0, 0.1) is 0 Å². The lowest BCUT2D eigenvalue weighted by molar-refractivity contribution is 0.0691.